The molecule has 0 aromatic carbocycles. The van der Waals surface area contributed by atoms with Crippen LogP contribution in [0.4, 0.5) is 5.13 Å². The van der Waals surface area contributed by atoms with Crippen LogP contribution >= 0.6 is 11.3 Å². The monoisotopic (exact) mass is 242 g/mol. The molecule has 2 heterocycles. The number of carbonyl (C=O) groups excluding carboxylic acids is 1. The molecule has 5 nitrogen and oxygen atoms in total. The van der Waals surface area contributed by atoms with E-state index in [-0.39, 0.29) is 5.91 Å². The smallest absolute Gasteiger partial charge is 0.260 e. The summed E-state index contributed by atoms with van der Waals surface area (Å²) in [6.07, 6.45) is -0.497. The van der Waals surface area contributed by atoms with Crippen molar-refractivity contribution >= 4 is 22.4 Å². The number of hydrogen-bond acceptors (Lipinski definition) is 5. The van der Waals surface area contributed by atoms with Crippen LogP contribution in [0.3, 0.4) is 0 Å². The van der Waals surface area contributed by atoms with Gasteiger partial charge in [-0.1, -0.05) is 0 Å². The number of rotatable bonds is 2. The fourth-order valence-corrected chi connectivity index (χ4v) is 2.21. The summed E-state index contributed by atoms with van der Waals surface area (Å²) in [5.74, 6) is -0.103. The Balaban J connectivity index is 2.03. The van der Waals surface area contributed by atoms with E-state index in [1.54, 1.807) is 7.05 Å². The number of likely N-dealkylation sites (N-methyl/N-ethyl adjacent to an activating group) is 1. The summed E-state index contributed by atoms with van der Waals surface area (Å²) in [7, 11) is 1.71. The van der Waals surface area contributed by atoms with Crippen molar-refractivity contribution in [1.82, 2.24) is 4.98 Å². The van der Waals surface area contributed by atoms with E-state index in [4.69, 9.17) is 9.47 Å². The van der Waals surface area contributed by atoms with Gasteiger partial charge in [0, 0.05) is 12.4 Å². The van der Waals surface area contributed by atoms with Gasteiger partial charge in [-0.25, -0.2) is 4.98 Å². The van der Waals surface area contributed by atoms with Crippen LogP contribution in [0, 0.1) is 6.92 Å². The summed E-state index contributed by atoms with van der Waals surface area (Å²) in [4.78, 5) is 17.8. The van der Waals surface area contributed by atoms with Crippen LogP contribution in [0.25, 0.3) is 0 Å². The van der Waals surface area contributed by atoms with E-state index in [2.05, 4.69) is 4.98 Å². The number of aromatic nitrogens is 1. The van der Waals surface area contributed by atoms with Crippen molar-refractivity contribution in [2.75, 3.05) is 31.8 Å². The molecular formula is C10H14N2O3S. The van der Waals surface area contributed by atoms with E-state index < -0.39 is 6.10 Å². The maximum absolute atomic E-state index is 12.0. The van der Waals surface area contributed by atoms with E-state index in [9.17, 15) is 4.79 Å². The molecule has 2 rings (SSSR count). The highest BCUT2D eigenvalue weighted by atomic mass is 32.1. The van der Waals surface area contributed by atoms with Gasteiger partial charge >= 0.3 is 0 Å². The molecule has 1 aromatic heterocycles. The van der Waals surface area contributed by atoms with Gasteiger partial charge in [0.05, 0.1) is 25.5 Å². The molecule has 0 radical (unpaired) electrons. The number of thiazole rings is 1. The molecule has 88 valence electrons. The second-order valence-electron chi connectivity index (χ2n) is 3.60. The van der Waals surface area contributed by atoms with Gasteiger partial charge in [-0.2, -0.15) is 0 Å². The first-order chi connectivity index (χ1) is 7.68. The van der Waals surface area contributed by atoms with Crippen LogP contribution in [-0.4, -0.2) is 43.9 Å². The van der Waals surface area contributed by atoms with Gasteiger partial charge in [0.25, 0.3) is 5.91 Å². The maximum Gasteiger partial charge on any atom is 0.260 e. The molecule has 1 aliphatic rings. The van der Waals surface area contributed by atoms with Crippen molar-refractivity contribution in [3.63, 3.8) is 0 Å². The van der Waals surface area contributed by atoms with Crippen molar-refractivity contribution in [1.29, 1.82) is 0 Å². The number of aryl methyl sites for hydroxylation is 1. The van der Waals surface area contributed by atoms with E-state index in [0.29, 0.717) is 25.0 Å². The normalized spacial score (nSPS) is 20.8. The van der Waals surface area contributed by atoms with E-state index >= 15 is 0 Å². The minimum atomic E-state index is -0.497. The van der Waals surface area contributed by atoms with Gasteiger partial charge in [0.15, 0.2) is 11.2 Å². The predicted molar refractivity (Wildman–Crippen MR) is 60.8 cm³/mol. The summed E-state index contributed by atoms with van der Waals surface area (Å²) in [6, 6.07) is 0. The second-order valence-corrected chi connectivity index (χ2v) is 4.44. The van der Waals surface area contributed by atoms with E-state index in [1.165, 1.54) is 16.2 Å². The van der Waals surface area contributed by atoms with Crippen molar-refractivity contribution in [2.24, 2.45) is 0 Å². The van der Waals surface area contributed by atoms with Crippen LogP contribution in [0.1, 0.15) is 5.69 Å². The third-order valence-electron chi connectivity index (χ3n) is 2.32. The molecule has 0 saturated carbocycles. The van der Waals surface area contributed by atoms with Crippen LogP contribution < -0.4 is 4.90 Å². The molecule has 1 saturated heterocycles. The largest absolute Gasteiger partial charge is 0.376 e. The zero-order chi connectivity index (χ0) is 11.5. The Bertz CT molecular complexity index is 374. The van der Waals surface area contributed by atoms with Crippen LogP contribution in [-0.2, 0) is 14.3 Å². The summed E-state index contributed by atoms with van der Waals surface area (Å²) in [5, 5.41) is 2.61. The molecule has 1 unspecified atom stereocenters. The first-order valence-corrected chi connectivity index (χ1v) is 5.95. The Morgan fingerprint density at radius 2 is 2.44 bits per heavy atom. The fraction of sp³-hybridized carbons (Fsp3) is 0.600. The van der Waals surface area contributed by atoms with Gasteiger partial charge in [-0.3, -0.25) is 9.69 Å². The summed E-state index contributed by atoms with van der Waals surface area (Å²) in [5.41, 5.74) is 0.917. The van der Waals surface area contributed by atoms with E-state index in [1.807, 2.05) is 12.3 Å². The van der Waals surface area contributed by atoms with Crippen LogP contribution in [0.5, 0.6) is 0 Å². The molecule has 0 aliphatic carbocycles. The first kappa shape index (κ1) is 11.5. The molecule has 16 heavy (non-hydrogen) atoms. The number of nitrogens with zero attached hydrogens (tertiary/aromatic N) is 2. The average molecular weight is 242 g/mol. The zero-order valence-corrected chi connectivity index (χ0v) is 10.1. The first-order valence-electron chi connectivity index (χ1n) is 5.07. The number of hydrogen-bond donors (Lipinski definition) is 0. The second kappa shape index (κ2) is 4.90. The highest BCUT2D eigenvalue weighted by Gasteiger charge is 2.27. The maximum atomic E-state index is 12.0. The Morgan fingerprint density at radius 1 is 1.62 bits per heavy atom. The van der Waals surface area contributed by atoms with Crippen molar-refractivity contribution in [3.05, 3.63) is 11.1 Å². The highest BCUT2D eigenvalue weighted by Crippen LogP contribution is 2.20. The van der Waals surface area contributed by atoms with Gasteiger partial charge in [0.1, 0.15) is 0 Å². The lowest BCUT2D eigenvalue weighted by molar-refractivity contribution is -0.144. The Labute approximate surface area is 98.0 Å². The minimum absolute atomic E-state index is 0.103. The van der Waals surface area contributed by atoms with Gasteiger partial charge in [-0.15, -0.1) is 11.3 Å². The molecule has 6 heteroatoms. The molecule has 1 atom stereocenters. The molecular weight excluding hydrogens is 228 g/mol. The van der Waals surface area contributed by atoms with Crippen molar-refractivity contribution < 1.29 is 14.3 Å². The van der Waals surface area contributed by atoms with Gasteiger partial charge in [-0.05, 0) is 6.92 Å². The van der Waals surface area contributed by atoms with Crippen molar-refractivity contribution in [3.8, 4) is 0 Å². The van der Waals surface area contributed by atoms with Crippen LogP contribution in [0.15, 0.2) is 5.38 Å². The molecule has 1 aromatic rings. The number of ether oxygens (including phenoxy) is 2. The molecule has 1 fully saturated rings. The van der Waals surface area contributed by atoms with Crippen LogP contribution in [0.2, 0.25) is 0 Å². The number of amides is 1. The summed E-state index contributed by atoms with van der Waals surface area (Å²) >= 11 is 1.45. The van der Waals surface area contributed by atoms with Crippen molar-refractivity contribution in [2.45, 2.75) is 13.0 Å². The molecule has 0 spiro atoms. The van der Waals surface area contributed by atoms with Gasteiger partial charge < -0.3 is 9.47 Å². The standard InChI is InChI=1S/C10H14N2O3S/c1-7-6-16-10(11-7)12(2)9(13)8-5-14-3-4-15-8/h6,8H,3-5H2,1-2H3. The Hall–Kier alpha value is -0.980. The Morgan fingerprint density at radius 3 is 3.00 bits per heavy atom. The lowest BCUT2D eigenvalue weighted by Crippen LogP contribution is -2.43. The summed E-state index contributed by atoms with van der Waals surface area (Å²) < 4.78 is 10.6. The third kappa shape index (κ3) is 2.40. The SMILES string of the molecule is Cc1csc(N(C)C(=O)C2COCCO2)n1. The number of anilines is 1. The lowest BCUT2D eigenvalue weighted by atomic mass is 10.3. The zero-order valence-electron chi connectivity index (χ0n) is 9.30. The average Bonchev–Trinajstić information content (AvgIpc) is 2.75. The minimum Gasteiger partial charge on any atom is -0.376 e. The number of carbonyl (C=O) groups is 1. The highest BCUT2D eigenvalue weighted by molar-refractivity contribution is 7.14. The molecule has 1 amide bonds. The lowest BCUT2D eigenvalue weighted by Gasteiger charge is -2.25. The van der Waals surface area contributed by atoms with E-state index in [0.717, 1.165) is 5.69 Å². The fourth-order valence-electron chi connectivity index (χ4n) is 1.44. The Kier molecular flexibility index (Phi) is 3.52. The summed E-state index contributed by atoms with van der Waals surface area (Å²) in [6.45, 7) is 3.26. The third-order valence-corrected chi connectivity index (χ3v) is 3.35. The molecule has 1 aliphatic heterocycles. The quantitative estimate of drug-likeness (QED) is 0.771. The molecule has 0 bridgehead atoms. The molecule has 0 N–H and O–H groups in total. The topological polar surface area (TPSA) is 51.7 Å². The van der Waals surface area contributed by atoms with Gasteiger partial charge in [0.2, 0.25) is 0 Å². The predicted octanol–water partition coefficient (Wildman–Crippen LogP) is 0.830.